The molecule has 1 aromatic heterocycles. The summed E-state index contributed by atoms with van der Waals surface area (Å²) >= 11 is 5.36. The molecule has 1 nitrogen and oxygen atoms in total. The van der Waals surface area contributed by atoms with E-state index in [4.69, 9.17) is 0 Å². The molecule has 0 atom stereocenters. The quantitative estimate of drug-likeness (QED) is 0.593. The van der Waals surface area contributed by atoms with Gasteiger partial charge < -0.3 is 5.32 Å². The van der Waals surface area contributed by atoms with E-state index in [0.29, 0.717) is 0 Å². The molecule has 14 heavy (non-hydrogen) atoms. The first-order valence-corrected chi connectivity index (χ1v) is 7.15. The number of hydrogen-bond donors (Lipinski definition) is 1. The van der Waals surface area contributed by atoms with Gasteiger partial charge in [0.25, 0.3) is 0 Å². The Bertz CT molecular complexity index is 247. The van der Waals surface area contributed by atoms with Gasteiger partial charge in [0.15, 0.2) is 0 Å². The Kier molecular flexibility index (Phi) is 6.48. The Labute approximate surface area is 99.0 Å². The number of aryl methyl sites for hydroxylation is 1. The van der Waals surface area contributed by atoms with Crippen molar-refractivity contribution >= 4 is 27.3 Å². The lowest BCUT2D eigenvalue weighted by Crippen LogP contribution is -2.13. The molecule has 0 radical (unpaired) electrons. The molecule has 0 aliphatic carbocycles. The number of thiophene rings is 1. The van der Waals surface area contributed by atoms with E-state index >= 15 is 0 Å². The number of hydrogen-bond acceptors (Lipinski definition) is 2. The molecular formula is C11H18BrNS. The lowest BCUT2D eigenvalue weighted by atomic mass is 10.3. The van der Waals surface area contributed by atoms with Crippen molar-refractivity contribution in [1.82, 2.24) is 5.32 Å². The zero-order valence-corrected chi connectivity index (χ0v) is 11.1. The van der Waals surface area contributed by atoms with Gasteiger partial charge in [-0.15, -0.1) is 11.3 Å². The predicted molar refractivity (Wildman–Crippen MR) is 68.4 cm³/mol. The largest absolute Gasteiger partial charge is 0.312 e. The average molecular weight is 276 g/mol. The molecule has 0 bridgehead atoms. The summed E-state index contributed by atoms with van der Waals surface area (Å²) in [4.78, 5) is 2.95. The van der Waals surface area contributed by atoms with Gasteiger partial charge in [-0.3, -0.25) is 0 Å². The molecule has 0 aromatic carbocycles. The Hall–Kier alpha value is 0.140. The van der Waals surface area contributed by atoms with Crippen molar-refractivity contribution in [3.8, 4) is 0 Å². The van der Waals surface area contributed by atoms with E-state index in [1.165, 1.54) is 22.6 Å². The summed E-state index contributed by atoms with van der Waals surface area (Å²) in [6.45, 7) is 4.37. The van der Waals surface area contributed by atoms with Crippen LogP contribution >= 0.6 is 27.3 Å². The van der Waals surface area contributed by atoms with Crippen molar-refractivity contribution in [2.45, 2.75) is 32.7 Å². The molecule has 0 unspecified atom stereocenters. The van der Waals surface area contributed by atoms with Crippen LogP contribution in [0.4, 0.5) is 0 Å². The topological polar surface area (TPSA) is 12.0 Å². The number of unbranched alkanes of at least 4 members (excludes halogenated alkanes) is 1. The van der Waals surface area contributed by atoms with Crippen molar-refractivity contribution in [2.24, 2.45) is 0 Å². The van der Waals surface area contributed by atoms with Crippen LogP contribution in [0.2, 0.25) is 0 Å². The molecule has 3 heteroatoms. The van der Waals surface area contributed by atoms with Crippen molar-refractivity contribution < 1.29 is 0 Å². The van der Waals surface area contributed by atoms with Crippen LogP contribution in [-0.2, 0) is 13.0 Å². The van der Waals surface area contributed by atoms with Gasteiger partial charge in [0, 0.05) is 21.6 Å². The van der Waals surface area contributed by atoms with Gasteiger partial charge in [-0.1, -0.05) is 22.9 Å². The highest BCUT2D eigenvalue weighted by molar-refractivity contribution is 9.09. The van der Waals surface area contributed by atoms with Crippen LogP contribution in [0.3, 0.4) is 0 Å². The molecule has 0 aliphatic rings. The van der Waals surface area contributed by atoms with Crippen LogP contribution in [0, 0.1) is 0 Å². The smallest absolute Gasteiger partial charge is 0.0299 e. The fourth-order valence-corrected chi connectivity index (χ4v) is 2.59. The minimum Gasteiger partial charge on any atom is -0.312 e. The van der Waals surface area contributed by atoms with Gasteiger partial charge in [-0.25, -0.2) is 0 Å². The summed E-state index contributed by atoms with van der Waals surface area (Å²) in [7, 11) is 0. The average Bonchev–Trinajstić information content (AvgIpc) is 2.65. The Morgan fingerprint density at radius 2 is 2.07 bits per heavy atom. The van der Waals surface area contributed by atoms with E-state index in [0.717, 1.165) is 24.8 Å². The van der Waals surface area contributed by atoms with Crippen LogP contribution in [0.5, 0.6) is 0 Å². The molecule has 0 aliphatic heterocycles. The molecule has 0 saturated carbocycles. The molecule has 0 saturated heterocycles. The first-order chi connectivity index (χ1) is 6.86. The van der Waals surface area contributed by atoms with Crippen molar-refractivity contribution in [3.63, 3.8) is 0 Å². The number of halogens is 1. The maximum Gasteiger partial charge on any atom is 0.0299 e. The number of nitrogens with one attached hydrogen (secondary N) is 1. The Morgan fingerprint density at radius 3 is 2.71 bits per heavy atom. The second-order valence-electron chi connectivity index (χ2n) is 3.29. The molecule has 1 heterocycles. The predicted octanol–water partition coefficient (Wildman–Crippen LogP) is 3.58. The minimum atomic E-state index is 1.03. The van der Waals surface area contributed by atoms with Crippen LogP contribution in [0.25, 0.3) is 0 Å². The minimum absolute atomic E-state index is 1.03. The van der Waals surface area contributed by atoms with Gasteiger partial charge in [0.2, 0.25) is 0 Å². The summed E-state index contributed by atoms with van der Waals surface area (Å²) in [5, 5.41) is 4.58. The highest BCUT2D eigenvalue weighted by Crippen LogP contribution is 2.16. The summed E-state index contributed by atoms with van der Waals surface area (Å²) in [6, 6.07) is 4.47. The second-order valence-corrected chi connectivity index (χ2v) is 5.34. The monoisotopic (exact) mass is 275 g/mol. The number of rotatable bonds is 7. The molecule has 80 valence electrons. The summed E-state index contributed by atoms with van der Waals surface area (Å²) < 4.78 is 0. The van der Waals surface area contributed by atoms with Crippen molar-refractivity contribution in [3.05, 3.63) is 21.9 Å². The zero-order valence-electron chi connectivity index (χ0n) is 8.68. The van der Waals surface area contributed by atoms with E-state index < -0.39 is 0 Å². The zero-order chi connectivity index (χ0) is 10.2. The second kappa shape index (κ2) is 7.43. The first kappa shape index (κ1) is 12.2. The highest BCUT2D eigenvalue weighted by Gasteiger charge is 1.97. The van der Waals surface area contributed by atoms with Crippen molar-refractivity contribution in [1.29, 1.82) is 0 Å². The third-order valence-electron chi connectivity index (χ3n) is 2.10. The van der Waals surface area contributed by atoms with E-state index in [-0.39, 0.29) is 0 Å². The third-order valence-corrected chi connectivity index (χ3v) is 3.89. The van der Waals surface area contributed by atoms with Gasteiger partial charge >= 0.3 is 0 Å². The van der Waals surface area contributed by atoms with Gasteiger partial charge in [-0.2, -0.15) is 0 Å². The Balaban J connectivity index is 2.12. The third kappa shape index (κ3) is 4.58. The van der Waals surface area contributed by atoms with Gasteiger partial charge in [0.05, 0.1) is 0 Å². The molecule has 0 amide bonds. The highest BCUT2D eigenvalue weighted by atomic mass is 79.9. The lowest BCUT2D eigenvalue weighted by molar-refractivity contribution is 0.649. The maximum atomic E-state index is 3.46. The van der Waals surface area contributed by atoms with E-state index in [2.05, 4.69) is 40.3 Å². The SMILES string of the molecule is CCc1ccc(CNCCCCBr)s1. The van der Waals surface area contributed by atoms with Crippen molar-refractivity contribution in [2.75, 3.05) is 11.9 Å². The van der Waals surface area contributed by atoms with Crippen LogP contribution in [0.15, 0.2) is 12.1 Å². The normalized spacial score (nSPS) is 10.7. The summed E-state index contributed by atoms with van der Waals surface area (Å²) in [6.07, 6.45) is 3.68. The number of alkyl halides is 1. The lowest BCUT2D eigenvalue weighted by Gasteiger charge is -2.01. The van der Waals surface area contributed by atoms with Gasteiger partial charge in [-0.05, 0) is 37.9 Å². The van der Waals surface area contributed by atoms with Crippen LogP contribution < -0.4 is 5.32 Å². The van der Waals surface area contributed by atoms with Crippen LogP contribution in [-0.4, -0.2) is 11.9 Å². The standard InChI is InChI=1S/C11H18BrNS/c1-2-10-5-6-11(14-10)9-13-8-4-3-7-12/h5-6,13H,2-4,7-9H2,1H3. The molecule has 1 N–H and O–H groups in total. The molecule has 0 spiro atoms. The fourth-order valence-electron chi connectivity index (χ4n) is 1.26. The molecule has 1 aromatic rings. The maximum absolute atomic E-state index is 3.46. The van der Waals surface area contributed by atoms with Gasteiger partial charge in [0.1, 0.15) is 0 Å². The molecule has 1 rings (SSSR count). The van der Waals surface area contributed by atoms with E-state index in [9.17, 15) is 0 Å². The molecular weight excluding hydrogens is 258 g/mol. The van der Waals surface area contributed by atoms with E-state index in [1.807, 2.05) is 11.3 Å². The van der Waals surface area contributed by atoms with Crippen LogP contribution in [0.1, 0.15) is 29.5 Å². The first-order valence-electron chi connectivity index (χ1n) is 5.21. The summed E-state index contributed by atoms with van der Waals surface area (Å²) in [5.41, 5.74) is 0. The Morgan fingerprint density at radius 1 is 1.29 bits per heavy atom. The fraction of sp³-hybridized carbons (Fsp3) is 0.636. The summed E-state index contributed by atoms with van der Waals surface area (Å²) in [5.74, 6) is 0. The molecule has 0 fully saturated rings. The van der Waals surface area contributed by atoms with E-state index in [1.54, 1.807) is 0 Å².